The molecule has 2 rings (SSSR count). The van der Waals surface area contributed by atoms with E-state index in [-0.39, 0.29) is 30.3 Å². The quantitative estimate of drug-likeness (QED) is 0.709. The molecule has 1 fully saturated rings. The van der Waals surface area contributed by atoms with Gasteiger partial charge in [0, 0.05) is 20.2 Å². The van der Waals surface area contributed by atoms with Crippen molar-refractivity contribution in [3.63, 3.8) is 0 Å². The average molecular weight is 290 g/mol. The molecule has 0 unspecified atom stereocenters. The van der Waals surface area contributed by atoms with Gasteiger partial charge in [0.2, 0.25) is 5.95 Å². The van der Waals surface area contributed by atoms with E-state index in [1.807, 2.05) is 4.90 Å². The molecule has 0 aliphatic carbocycles. The molecular formula is C10H16ClN5O3. The SMILES string of the molecule is COC[C@@H](O)COC1CN(c2nnc(Cl)c(N)n2)C1. The molecule has 9 heteroatoms. The monoisotopic (exact) mass is 289 g/mol. The van der Waals surface area contributed by atoms with E-state index >= 15 is 0 Å². The van der Waals surface area contributed by atoms with Gasteiger partial charge >= 0.3 is 0 Å². The number of rotatable bonds is 6. The van der Waals surface area contributed by atoms with E-state index in [2.05, 4.69) is 15.2 Å². The van der Waals surface area contributed by atoms with Crippen LogP contribution in [0.15, 0.2) is 0 Å². The van der Waals surface area contributed by atoms with Crippen LogP contribution in [0.2, 0.25) is 5.15 Å². The Morgan fingerprint density at radius 3 is 2.84 bits per heavy atom. The van der Waals surface area contributed by atoms with Crippen molar-refractivity contribution < 1.29 is 14.6 Å². The number of aromatic nitrogens is 3. The molecule has 1 aliphatic heterocycles. The molecular weight excluding hydrogens is 274 g/mol. The molecule has 8 nitrogen and oxygen atoms in total. The Morgan fingerprint density at radius 1 is 1.47 bits per heavy atom. The normalized spacial score (nSPS) is 17.3. The number of nitrogens with two attached hydrogens (primary N) is 1. The fraction of sp³-hybridized carbons (Fsp3) is 0.700. The van der Waals surface area contributed by atoms with Crippen molar-refractivity contribution >= 4 is 23.4 Å². The van der Waals surface area contributed by atoms with Crippen LogP contribution in [-0.4, -0.2) is 65.9 Å². The van der Waals surface area contributed by atoms with Gasteiger partial charge in [-0.25, -0.2) is 0 Å². The van der Waals surface area contributed by atoms with Crippen molar-refractivity contribution in [1.29, 1.82) is 0 Å². The van der Waals surface area contributed by atoms with Crippen LogP contribution in [0.3, 0.4) is 0 Å². The minimum atomic E-state index is -0.608. The first-order chi connectivity index (χ1) is 9.10. The standard InChI is InChI=1S/C10H16ClN5O3/c1-18-4-6(17)5-19-7-2-16(3-7)10-13-9(12)8(11)14-15-10/h6-7,17H,2-5H2,1H3,(H2,12,13,15)/t6-/m1/s1. The lowest BCUT2D eigenvalue weighted by Gasteiger charge is -2.38. The molecule has 3 N–H and O–H groups in total. The number of halogens is 1. The van der Waals surface area contributed by atoms with Gasteiger partial charge in [-0.1, -0.05) is 11.6 Å². The zero-order valence-corrected chi connectivity index (χ0v) is 11.2. The Labute approximate surface area is 115 Å². The highest BCUT2D eigenvalue weighted by atomic mass is 35.5. The number of nitrogen functional groups attached to an aromatic ring is 1. The van der Waals surface area contributed by atoms with Gasteiger partial charge in [0.25, 0.3) is 0 Å². The summed E-state index contributed by atoms with van der Waals surface area (Å²) in [6, 6.07) is 0. The summed E-state index contributed by atoms with van der Waals surface area (Å²) in [5.41, 5.74) is 5.55. The van der Waals surface area contributed by atoms with Gasteiger partial charge in [0.05, 0.1) is 19.3 Å². The second kappa shape index (κ2) is 6.29. The van der Waals surface area contributed by atoms with E-state index in [0.29, 0.717) is 19.0 Å². The smallest absolute Gasteiger partial charge is 0.247 e. The van der Waals surface area contributed by atoms with E-state index < -0.39 is 6.10 Å². The summed E-state index contributed by atoms with van der Waals surface area (Å²) in [5, 5.41) is 17.1. The van der Waals surface area contributed by atoms with Gasteiger partial charge in [-0.15, -0.1) is 10.2 Å². The molecule has 106 valence electrons. The van der Waals surface area contributed by atoms with Crippen molar-refractivity contribution in [2.45, 2.75) is 12.2 Å². The zero-order valence-electron chi connectivity index (χ0n) is 10.5. The number of anilines is 2. The van der Waals surface area contributed by atoms with Gasteiger partial charge in [-0.3, -0.25) is 0 Å². The molecule has 0 amide bonds. The average Bonchev–Trinajstić information content (AvgIpc) is 2.32. The van der Waals surface area contributed by atoms with Gasteiger partial charge in [-0.2, -0.15) is 4.98 Å². The number of hydrogen-bond donors (Lipinski definition) is 2. The van der Waals surface area contributed by atoms with Gasteiger partial charge < -0.3 is 25.2 Å². The van der Waals surface area contributed by atoms with Crippen LogP contribution < -0.4 is 10.6 Å². The molecule has 1 atom stereocenters. The second-order valence-electron chi connectivity index (χ2n) is 4.26. The largest absolute Gasteiger partial charge is 0.388 e. The third kappa shape index (κ3) is 3.63. The van der Waals surface area contributed by atoms with E-state index in [1.165, 1.54) is 7.11 Å². The maximum atomic E-state index is 9.44. The van der Waals surface area contributed by atoms with Gasteiger partial charge in [-0.05, 0) is 0 Å². The zero-order chi connectivity index (χ0) is 13.8. The fourth-order valence-corrected chi connectivity index (χ4v) is 1.72. The minimum absolute atomic E-state index is 0.0343. The number of nitrogens with zero attached hydrogens (tertiary/aromatic N) is 4. The van der Waals surface area contributed by atoms with Crippen LogP contribution in [0.4, 0.5) is 11.8 Å². The molecule has 0 spiro atoms. The van der Waals surface area contributed by atoms with Crippen LogP contribution >= 0.6 is 11.6 Å². The Morgan fingerprint density at radius 2 is 2.21 bits per heavy atom. The molecule has 0 saturated carbocycles. The molecule has 0 aromatic carbocycles. The van der Waals surface area contributed by atoms with Crippen LogP contribution in [0.25, 0.3) is 0 Å². The predicted molar refractivity (Wildman–Crippen MR) is 69.1 cm³/mol. The highest BCUT2D eigenvalue weighted by Crippen LogP contribution is 2.20. The van der Waals surface area contributed by atoms with E-state index in [0.717, 1.165) is 0 Å². The van der Waals surface area contributed by atoms with E-state index in [1.54, 1.807) is 0 Å². The summed E-state index contributed by atoms with van der Waals surface area (Å²) in [6.45, 7) is 1.76. The Bertz CT molecular complexity index is 430. The first kappa shape index (κ1) is 14.2. The summed E-state index contributed by atoms with van der Waals surface area (Å²) < 4.78 is 10.3. The van der Waals surface area contributed by atoms with Crippen LogP contribution in [0.1, 0.15) is 0 Å². The third-order valence-corrected chi connectivity index (χ3v) is 2.94. The predicted octanol–water partition coefficient (Wildman–Crippen LogP) is -0.680. The Hall–Kier alpha value is -1.22. The van der Waals surface area contributed by atoms with Crippen molar-refractivity contribution in [2.24, 2.45) is 0 Å². The van der Waals surface area contributed by atoms with Crippen molar-refractivity contribution in [3.05, 3.63) is 5.15 Å². The maximum Gasteiger partial charge on any atom is 0.247 e. The molecule has 1 aromatic heterocycles. The van der Waals surface area contributed by atoms with Gasteiger partial charge in [0.1, 0.15) is 6.10 Å². The van der Waals surface area contributed by atoms with Crippen LogP contribution in [0, 0.1) is 0 Å². The fourth-order valence-electron chi connectivity index (χ4n) is 1.64. The molecule has 19 heavy (non-hydrogen) atoms. The number of hydrogen-bond acceptors (Lipinski definition) is 8. The molecule has 1 aromatic rings. The first-order valence-corrected chi connectivity index (χ1v) is 6.17. The number of methoxy groups -OCH3 is 1. The second-order valence-corrected chi connectivity index (χ2v) is 4.62. The molecule has 2 heterocycles. The van der Waals surface area contributed by atoms with Crippen LogP contribution in [-0.2, 0) is 9.47 Å². The van der Waals surface area contributed by atoms with E-state index in [9.17, 15) is 5.11 Å². The summed E-state index contributed by atoms with van der Waals surface area (Å²) >= 11 is 5.65. The summed E-state index contributed by atoms with van der Waals surface area (Å²) in [7, 11) is 1.53. The number of ether oxygens (including phenoxy) is 2. The number of aliphatic hydroxyl groups is 1. The minimum Gasteiger partial charge on any atom is -0.388 e. The first-order valence-electron chi connectivity index (χ1n) is 5.79. The molecule has 1 saturated heterocycles. The highest BCUT2D eigenvalue weighted by Gasteiger charge is 2.30. The Balaban J connectivity index is 1.75. The molecule has 1 aliphatic rings. The van der Waals surface area contributed by atoms with Crippen molar-refractivity contribution in [3.8, 4) is 0 Å². The summed E-state index contributed by atoms with van der Waals surface area (Å²) in [6.07, 6.45) is -0.574. The third-order valence-electron chi connectivity index (χ3n) is 2.67. The van der Waals surface area contributed by atoms with Crippen LogP contribution in [0.5, 0.6) is 0 Å². The van der Waals surface area contributed by atoms with E-state index in [4.69, 9.17) is 26.8 Å². The molecule has 0 radical (unpaired) electrons. The maximum absolute atomic E-state index is 9.44. The number of aliphatic hydroxyl groups excluding tert-OH is 1. The summed E-state index contributed by atoms with van der Waals surface area (Å²) in [4.78, 5) is 5.90. The lowest BCUT2D eigenvalue weighted by atomic mass is 10.2. The highest BCUT2D eigenvalue weighted by molar-refractivity contribution is 6.31. The lowest BCUT2D eigenvalue weighted by Crippen LogP contribution is -2.53. The van der Waals surface area contributed by atoms with Crippen molar-refractivity contribution in [2.75, 3.05) is 44.0 Å². The van der Waals surface area contributed by atoms with Gasteiger partial charge in [0.15, 0.2) is 11.0 Å². The Kier molecular flexibility index (Phi) is 4.70. The lowest BCUT2D eigenvalue weighted by molar-refractivity contribution is -0.0439. The molecule has 0 bridgehead atoms. The summed E-state index contributed by atoms with van der Waals surface area (Å²) in [5.74, 6) is 0.589. The topological polar surface area (TPSA) is 107 Å². The van der Waals surface area contributed by atoms with Crippen molar-refractivity contribution in [1.82, 2.24) is 15.2 Å².